The number of nitrogens with zero attached hydrogens (tertiary/aromatic N) is 3. The molecule has 0 spiro atoms. The minimum absolute atomic E-state index is 0.0629. The van der Waals surface area contributed by atoms with Crippen molar-refractivity contribution in [2.75, 3.05) is 39.8 Å². The van der Waals surface area contributed by atoms with Gasteiger partial charge < -0.3 is 19.8 Å². The van der Waals surface area contributed by atoms with E-state index < -0.39 is 12.0 Å². The molecule has 1 saturated carbocycles. The molecule has 6 nitrogen and oxygen atoms in total. The van der Waals surface area contributed by atoms with Crippen LogP contribution in [-0.4, -0.2) is 77.6 Å². The van der Waals surface area contributed by atoms with Gasteiger partial charge in [-0.1, -0.05) is 6.42 Å². The van der Waals surface area contributed by atoms with Crippen LogP contribution in [-0.2, 0) is 4.79 Å². The zero-order valence-electron chi connectivity index (χ0n) is 12.7. The lowest BCUT2D eigenvalue weighted by Crippen LogP contribution is -2.50. The lowest BCUT2D eigenvalue weighted by molar-refractivity contribution is -0.142. The van der Waals surface area contributed by atoms with Crippen LogP contribution < -0.4 is 0 Å². The maximum Gasteiger partial charge on any atom is 0.326 e. The fraction of sp³-hybridized carbons (Fsp3) is 0.867. The largest absolute Gasteiger partial charge is 0.480 e. The van der Waals surface area contributed by atoms with Crippen molar-refractivity contribution in [3.63, 3.8) is 0 Å². The average Bonchev–Trinajstić information content (AvgIpc) is 2.94. The van der Waals surface area contributed by atoms with Crippen LogP contribution in [0.25, 0.3) is 0 Å². The first-order valence-corrected chi connectivity index (χ1v) is 8.05. The predicted molar refractivity (Wildman–Crippen MR) is 78.0 cm³/mol. The predicted octanol–water partition coefficient (Wildman–Crippen LogP) is 0.929. The molecule has 2 aliphatic heterocycles. The van der Waals surface area contributed by atoms with Gasteiger partial charge in [0.1, 0.15) is 6.04 Å². The summed E-state index contributed by atoms with van der Waals surface area (Å²) < 4.78 is 0. The van der Waals surface area contributed by atoms with Crippen molar-refractivity contribution in [2.24, 2.45) is 11.8 Å². The molecule has 3 rings (SSSR count). The number of fused-ring (bicyclic) bond motifs is 1. The number of likely N-dealkylation sites (tertiary alicyclic amines) is 1. The van der Waals surface area contributed by atoms with E-state index in [1.807, 2.05) is 4.90 Å². The lowest BCUT2D eigenvalue weighted by Gasteiger charge is -2.30. The molecule has 2 amide bonds. The minimum atomic E-state index is -0.829. The quantitative estimate of drug-likeness (QED) is 0.781. The molecule has 2 heterocycles. The van der Waals surface area contributed by atoms with Crippen molar-refractivity contribution >= 4 is 12.0 Å². The van der Waals surface area contributed by atoms with E-state index in [9.17, 15) is 14.7 Å². The second-order valence-electron chi connectivity index (χ2n) is 6.72. The second kappa shape index (κ2) is 5.83. The molecular weight excluding hydrogens is 270 g/mol. The Morgan fingerprint density at radius 2 is 1.86 bits per heavy atom. The van der Waals surface area contributed by atoms with Crippen LogP contribution in [0.5, 0.6) is 0 Å². The van der Waals surface area contributed by atoms with Crippen LogP contribution >= 0.6 is 0 Å². The van der Waals surface area contributed by atoms with E-state index in [0.29, 0.717) is 19.0 Å². The Bertz CT molecular complexity index is 428. The zero-order chi connectivity index (χ0) is 15.0. The van der Waals surface area contributed by atoms with Gasteiger partial charge in [-0.15, -0.1) is 0 Å². The molecule has 21 heavy (non-hydrogen) atoms. The fourth-order valence-electron chi connectivity index (χ4n) is 4.24. The Morgan fingerprint density at radius 1 is 1.05 bits per heavy atom. The highest BCUT2D eigenvalue weighted by atomic mass is 16.4. The molecule has 2 saturated heterocycles. The van der Waals surface area contributed by atoms with Crippen molar-refractivity contribution in [2.45, 2.75) is 31.7 Å². The summed E-state index contributed by atoms with van der Waals surface area (Å²) in [5.41, 5.74) is 0. The maximum atomic E-state index is 12.8. The first-order chi connectivity index (χ1) is 10.1. The normalized spacial score (nSPS) is 33.9. The van der Waals surface area contributed by atoms with Gasteiger partial charge in [0.15, 0.2) is 0 Å². The van der Waals surface area contributed by atoms with Crippen LogP contribution in [0.2, 0.25) is 0 Å². The number of carboxylic acid groups (broad SMARTS) is 1. The number of carbonyl (C=O) groups excluding carboxylic acids is 1. The van der Waals surface area contributed by atoms with Gasteiger partial charge in [-0.05, 0) is 44.7 Å². The molecule has 3 fully saturated rings. The molecule has 0 aromatic rings. The lowest BCUT2D eigenvalue weighted by atomic mass is 9.94. The summed E-state index contributed by atoms with van der Waals surface area (Å²) in [4.78, 5) is 30.1. The third kappa shape index (κ3) is 2.73. The highest BCUT2D eigenvalue weighted by Crippen LogP contribution is 2.42. The van der Waals surface area contributed by atoms with Crippen molar-refractivity contribution in [3.8, 4) is 0 Å². The summed E-state index contributed by atoms with van der Waals surface area (Å²) in [5, 5.41) is 9.55. The molecule has 1 N–H and O–H groups in total. The van der Waals surface area contributed by atoms with Gasteiger partial charge in [-0.3, -0.25) is 0 Å². The molecule has 3 atom stereocenters. The molecule has 6 heteroatoms. The first kappa shape index (κ1) is 14.6. The number of carboxylic acids is 1. The van der Waals surface area contributed by atoms with E-state index in [1.54, 1.807) is 4.90 Å². The number of rotatable bonds is 1. The van der Waals surface area contributed by atoms with Crippen molar-refractivity contribution < 1.29 is 14.7 Å². The maximum absolute atomic E-state index is 12.8. The van der Waals surface area contributed by atoms with Crippen LogP contribution in [0.15, 0.2) is 0 Å². The van der Waals surface area contributed by atoms with Crippen molar-refractivity contribution in [3.05, 3.63) is 0 Å². The monoisotopic (exact) mass is 295 g/mol. The van der Waals surface area contributed by atoms with Gasteiger partial charge in [0, 0.05) is 26.2 Å². The third-order valence-electron chi connectivity index (χ3n) is 5.38. The molecule has 0 aromatic carbocycles. The SMILES string of the molecule is CN1CCCN(C(=O)N2CC3CCCC3C2C(=O)O)CC1. The number of amides is 2. The average molecular weight is 295 g/mol. The summed E-state index contributed by atoms with van der Waals surface area (Å²) in [6.45, 7) is 3.93. The van der Waals surface area contributed by atoms with E-state index in [2.05, 4.69) is 11.9 Å². The summed E-state index contributed by atoms with van der Waals surface area (Å²) >= 11 is 0. The summed E-state index contributed by atoms with van der Waals surface area (Å²) in [5.74, 6) is -0.268. The van der Waals surface area contributed by atoms with E-state index in [0.717, 1.165) is 45.3 Å². The topological polar surface area (TPSA) is 64.1 Å². The molecule has 1 aliphatic carbocycles. The van der Waals surface area contributed by atoms with Gasteiger partial charge >= 0.3 is 12.0 Å². The van der Waals surface area contributed by atoms with Crippen molar-refractivity contribution in [1.82, 2.24) is 14.7 Å². The highest BCUT2D eigenvalue weighted by Gasteiger charge is 2.50. The second-order valence-corrected chi connectivity index (χ2v) is 6.72. The summed E-state index contributed by atoms with van der Waals surface area (Å²) in [6.07, 6.45) is 4.09. The third-order valence-corrected chi connectivity index (χ3v) is 5.38. The summed E-state index contributed by atoms with van der Waals surface area (Å²) in [6, 6.07) is -0.668. The number of hydrogen-bond donors (Lipinski definition) is 1. The Kier molecular flexibility index (Phi) is 4.06. The zero-order valence-corrected chi connectivity index (χ0v) is 12.7. The molecule has 0 bridgehead atoms. The molecule has 3 unspecified atom stereocenters. The van der Waals surface area contributed by atoms with Gasteiger partial charge in [0.25, 0.3) is 0 Å². The molecule has 0 radical (unpaired) electrons. The number of likely N-dealkylation sites (N-methyl/N-ethyl adjacent to an activating group) is 1. The first-order valence-electron chi connectivity index (χ1n) is 8.05. The van der Waals surface area contributed by atoms with Crippen LogP contribution in [0.1, 0.15) is 25.7 Å². The Hall–Kier alpha value is -1.30. The number of carbonyl (C=O) groups is 2. The van der Waals surface area contributed by atoms with Gasteiger partial charge in [-0.25, -0.2) is 9.59 Å². The number of urea groups is 1. The Labute approximate surface area is 125 Å². The van der Waals surface area contributed by atoms with Gasteiger partial charge in [0.05, 0.1) is 0 Å². The van der Waals surface area contributed by atoms with Crippen LogP contribution in [0.3, 0.4) is 0 Å². The minimum Gasteiger partial charge on any atom is -0.480 e. The molecular formula is C15H25N3O3. The van der Waals surface area contributed by atoms with Gasteiger partial charge in [-0.2, -0.15) is 0 Å². The van der Waals surface area contributed by atoms with E-state index in [4.69, 9.17) is 0 Å². The molecule has 0 aromatic heterocycles. The van der Waals surface area contributed by atoms with E-state index >= 15 is 0 Å². The highest BCUT2D eigenvalue weighted by molar-refractivity contribution is 5.84. The van der Waals surface area contributed by atoms with Crippen LogP contribution in [0.4, 0.5) is 4.79 Å². The Balaban J connectivity index is 1.72. The van der Waals surface area contributed by atoms with E-state index in [1.165, 1.54) is 0 Å². The molecule has 118 valence electrons. The van der Waals surface area contributed by atoms with Crippen molar-refractivity contribution in [1.29, 1.82) is 0 Å². The smallest absolute Gasteiger partial charge is 0.326 e. The fourth-order valence-corrected chi connectivity index (χ4v) is 4.24. The number of aliphatic carboxylic acids is 1. The Morgan fingerprint density at radius 3 is 2.62 bits per heavy atom. The standard InChI is InChI=1S/C15H25N3O3/c1-16-6-3-7-17(9-8-16)15(21)18-10-11-4-2-5-12(11)13(18)14(19)20/h11-13H,2-10H2,1H3,(H,19,20). The number of hydrogen-bond acceptors (Lipinski definition) is 3. The van der Waals surface area contributed by atoms with Gasteiger partial charge in [0.2, 0.25) is 0 Å². The van der Waals surface area contributed by atoms with E-state index in [-0.39, 0.29) is 11.9 Å². The van der Waals surface area contributed by atoms with Crippen LogP contribution in [0, 0.1) is 11.8 Å². The molecule has 3 aliphatic rings. The summed E-state index contributed by atoms with van der Waals surface area (Å²) in [7, 11) is 2.06.